The van der Waals surface area contributed by atoms with E-state index in [4.69, 9.17) is 19.2 Å². The van der Waals surface area contributed by atoms with Crippen LogP contribution in [-0.4, -0.2) is 29.7 Å². The van der Waals surface area contributed by atoms with Crippen molar-refractivity contribution in [1.29, 1.82) is 0 Å². The quantitative estimate of drug-likeness (QED) is 0.181. The topological polar surface area (TPSA) is 96.2 Å². The molecule has 0 amide bonds. The van der Waals surface area contributed by atoms with E-state index in [-0.39, 0.29) is 18.1 Å². The maximum absolute atomic E-state index is 14.1. The minimum absolute atomic E-state index is 0.188. The van der Waals surface area contributed by atoms with Crippen LogP contribution < -0.4 is 19.6 Å². The van der Waals surface area contributed by atoms with Gasteiger partial charge in [0.05, 0.1) is 40.6 Å². The smallest absolute Gasteiger partial charge is 0.338 e. The van der Waals surface area contributed by atoms with Gasteiger partial charge in [0.2, 0.25) is 0 Å². The molecule has 0 radical (unpaired) electrons. The van der Waals surface area contributed by atoms with Crippen molar-refractivity contribution in [2.45, 2.75) is 26.5 Å². The molecule has 236 valence electrons. The standard InChI is InChI=1S/C38H32N2O6S/c1-3-44-36(42)29-20-18-25(19-21-29)24-46-30-17-11-12-26(22-30)23-31-35(41)40-34(28-15-9-6-10-16-28)32(37(43)45-4-2)33(39-38(40)47-31)27-13-7-5-8-14-27/h5-23,34H,3-4,24H2,1-2H3/b31-23-/t34-/m0/s1. The fourth-order valence-electron chi connectivity index (χ4n) is 5.35. The Balaban J connectivity index is 1.37. The maximum Gasteiger partial charge on any atom is 0.338 e. The van der Waals surface area contributed by atoms with Crippen molar-refractivity contribution in [2.75, 3.05) is 13.2 Å². The Bertz CT molecular complexity index is 2120. The number of hydrogen-bond donors (Lipinski definition) is 0. The molecule has 8 nitrogen and oxygen atoms in total. The molecule has 0 saturated heterocycles. The van der Waals surface area contributed by atoms with Crippen LogP contribution in [0.5, 0.6) is 5.75 Å². The van der Waals surface area contributed by atoms with E-state index in [1.54, 1.807) is 30.5 Å². The van der Waals surface area contributed by atoms with Crippen molar-refractivity contribution in [2.24, 2.45) is 4.99 Å². The predicted molar refractivity (Wildman–Crippen MR) is 181 cm³/mol. The molecule has 0 N–H and O–H groups in total. The summed E-state index contributed by atoms with van der Waals surface area (Å²) in [4.78, 5) is 45.0. The summed E-state index contributed by atoms with van der Waals surface area (Å²) in [5.74, 6) is -0.251. The second-order valence-corrected chi connectivity index (χ2v) is 11.6. The van der Waals surface area contributed by atoms with Gasteiger partial charge in [-0.15, -0.1) is 0 Å². The zero-order valence-corrected chi connectivity index (χ0v) is 26.7. The molecule has 5 aromatic rings. The Morgan fingerprint density at radius 2 is 1.51 bits per heavy atom. The molecular formula is C38H32N2O6S. The van der Waals surface area contributed by atoms with Gasteiger partial charge >= 0.3 is 11.9 Å². The molecule has 47 heavy (non-hydrogen) atoms. The first-order valence-corrected chi connectivity index (χ1v) is 16.1. The summed E-state index contributed by atoms with van der Waals surface area (Å²) in [5.41, 5.74) is 4.22. The third-order valence-corrected chi connectivity index (χ3v) is 8.50. The average Bonchev–Trinajstić information content (AvgIpc) is 3.41. The third kappa shape index (κ3) is 6.85. The van der Waals surface area contributed by atoms with Gasteiger partial charge in [-0.3, -0.25) is 9.36 Å². The molecule has 1 aromatic heterocycles. The summed E-state index contributed by atoms with van der Waals surface area (Å²) < 4.78 is 18.7. The van der Waals surface area contributed by atoms with Crippen LogP contribution in [0.1, 0.15) is 52.5 Å². The lowest BCUT2D eigenvalue weighted by Gasteiger charge is -2.25. The minimum atomic E-state index is -0.728. The largest absolute Gasteiger partial charge is 0.489 e. The lowest BCUT2D eigenvalue weighted by molar-refractivity contribution is -0.138. The molecule has 0 spiro atoms. The van der Waals surface area contributed by atoms with E-state index in [0.717, 1.165) is 22.3 Å². The molecule has 1 atom stereocenters. The van der Waals surface area contributed by atoms with Gasteiger partial charge in [-0.2, -0.15) is 0 Å². The van der Waals surface area contributed by atoms with Gasteiger partial charge in [0.1, 0.15) is 12.4 Å². The number of nitrogens with zero attached hydrogens (tertiary/aromatic N) is 2. The summed E-state index contributed by atoms with van der Waals surface area (Å²) in [5, 5.41) is 0. The first-order valence-electron chi connectivity index (χ1n) is 15.3. The van der Waals surface area contributed by atoms with Gasteiger partial charge in [-0.05, 0) is 60.9 Å². The number of aromatic nitrogens is 1. The van der Waals surface area contributed by atoms with Crippen molar-refractivity contribution < 1.29 is 23.8 Å². The van der Waals surface area contributed by atoms with Crippen LogP contribution >= 0.6 is 11.3 Å². The maximum atomic E-state index is 14.1. The Labute approximate surface area is 275 Å². The van der Waals surface area contributed by atoms with Gasteiger partial charge < -0.3 is 14.2 Å². The van der Waals surface area contributed by atoms with Crippen LogP contribution in [0.2, 0.25) is 0 Å². The van der Waals surface area contributed by atoms with Gasteiger partial charge in [-0.25, -0.2) is 14.6 Å². The SMILES string of the molecule is CCOC(=O)C1=C(c2ccccc2)N=c2s/c(=C\c3cccc(OCc4ccc(C(=O)OCC)cc4)c3)c(=O)n2[C@H]1c1ccccc1. The highest BCUT2D eigenvalue weighted by Gasteiger charge is 2.35. The number of carbonyl (C=O) groups is 2. The average molecular weight is 645 g/mol. The number of thiazole rings is 1. The van der Waals surface area contributed by atoms with Crippen molar-refractivity contribution in [3.63, 3.8) is 0 Å². The third-order valence-electron chi connectivity index (χ3n) is 7.52. The summed E-state index contributed by atoms with van der Waals surface area (Å²) in [6.07, 6.45) is 1.81. The number of carbonyl (C=O) groups excluding carboxylic acids is 2. The van der Waals surface area contributed by atoms with Crippen molar-refractivity contribution >= 4 is 35.0 Å². The molecule has 6 rings (SSSR count). The van der Waals surface area contributed by atoms with E-state index in [2.05, 4.69) is 0 Å². The molecule has 0 bridgehead atoms. The number of benzene rings is 4. The lowest BCUT2D eigenvalue weighted by Crippen LogP contribution is -2.39. The molecule has 1 aliphatic heterocycles. The molecule has 0 unspecified atom stereocenters. The normalized spacial score (nSPS) is 14.3. The number of hydrogen-bond acceptors (Lipinski definition) is 8. The zero-order valence-electron chi connectivity index (χ0n) is 25.9. The summed E-state index contributed by atoms with van der Waals surface area (Å²) in [6.45, 7) is 4.33. The van der Waals surface area contributed by atoms with Gasteiger partial charge in [-0.1, -0.05) is 96.3 Å². The van der Waals surface area contributed by atoms with E-state index < -0.39 is 12.0 Å². The van der Waals surface area contributed by atoms with Crippen molar-refractivity contribution in [1.82, 2.24) is 4.57 Å². The van der Waals surface area contributed by atoms with Crippen LogP contribution in [0.3, 0.4) is 0 Å². The highest BCUT2D eigenvalue weighted by atomic mass is 32.1. The van der Waals surface area contributed by atoms with Crippen LogP contribution in [0, 0.1) is 0 Å². The lowest BCUT2D eigenvalue weighted by atomic mass is 9.93. The highest BCUT2D eigenvalue weighted by molar-refractivity contribution is 7.07. The highest BCUT2D eigenvalue weighted by Crippen LogP contribution is 2.35. The van der Waals surface area contributed by atoms with E-state index in [1.165, 1.54) is 11.3 Å². The molecule has 0 saturated carbocycles. The number of fused-ring (bicyclic) bond motifs is 1. The Hall–Kier alpha value is -5.54. The predicted octanol–water partition coefficient (Wildman–Crippen LogP) is 5.69. The van der Waals surface area contributed by atoms with Crippen molar-refractivity contribution in [3.8, 4) is 5.75 Å². The van der Waals surface area contributed by atoms with Crippen LogP contribution in [0.25, 0.3) is 11.8 Å². The minimum Gasteiger partial charge on any atom is -0.489 e. The summed E-state index contributed by atoms with van der Waals surface area (Å²) in [7, 11) is 0. The van der Waals surface area contributed by atoms with E-state index in [1.807, 2.05) is 103 Å². The summed E-state index contributed by atoms with van der Waals surface area (Å²) >= 11 is 1.27. The van der Waals surface area contributed by atoms with E-state index in [0.29, 0.717) is 45.1 Å². The zero-order chi connectivity index (χ0) is 32.8. The molecule has 9 heteroatoms. The van der Waals surface area contributed by atoms with Gasteiger partial charge in [0.25, 0.3) is 5.56 Å². The molecule has 0 fully saturated rings. The Morgan fingerprint density at radius 3 is 2.21 bits per heavy atom. The first-order chi connectivity index (χ1) is 23.0. The molecule has 1 aliphatic rings. The van der Waals surface area contributed by atoms with Crippen LogP contribution in [0.4, 0.5) is 0 Å². The monoisotopic (exact) mass is 644 g/mol. The number of esters is 2. The second-order valence-electron chi connectivity index (χ2n) is 10.6. The van der Waals surface area contributed by atoms with Crippen LogP contribution in [0.15, 0.2) is 125 Å². The van der Waals surface area contributed by atoms with Gasteiger partial charge in [0.15, 0.2) is 4.80 Å². The number of rotatable bonds is 10. The Morgan fingerprint density at radius 1 is 0.830 bits per heavy atom. The fourth-order valence-corrected chi connectivity index (χ4v) is 6.36. The Kier molecular flexibility index (Phi) is 9.54. The van der Waals surface area contributed by atoms with Crippen molar-refractivity contribution in [3.05, 3.63) is 162 Å². The van der Waals surface area contributed by atoms with E-state index >= 15 is 0 Å². The molecule has 2 heterocycles. The summed E-state index contributed by atoms with van der Waals surface area (Å²) in [6, 6.07) is 32.8. The molecule has 4 aromatic carbocycles. The van der Waals surface area contributed by atoms with E-state index in [9.17, 15) is 14.4 Å². The van der Waals surface area contributed by atoms with Gasteiger partial charge in [0, 0.05) is 5.56 Å². The number of ether oxygens (including phenoxy) is 3. The first kappa shape index (κ1) is 31.4. The molecular weight excluding hydrogens is 612 g/mol. The molecule has 0 aliphatic carbocycles. The van der Waals surface area contributed by atoms with Crippen LogP contribution in [-0.2, 0) is 20.9 Å². The second kappa shape index (κ2) is 14.3. The fraction of sp³-hybridized carbons (Fsp3) is 0.158.